The Morgan fingerprint density at radius 1 is 1.04 bits per heavy atom. The van der Waals surface area contributed by atoms with Gasteiger partial charge in [0.15, 0.2) is 0 Å². The number of carbonyl (C=O) groups is 1. The van der Waals surface area contributed by atoms with Crippen LogP contribution in [0.25, 0.3) is 0 Å². The molecule has 2 atom stereocenters. The summed E-state index contributed by atoms with van der Waals surface area (Å²) in [5, 5.41) is 3.29. The molecule has 0 radical (unpaired) electrons. The number of benzene rings is 2. The largest absolute Gasteiger partial charge is 0.381 e. The summed E-state index contributed by atoms with van der Waals surface area (Å²) < 4.78 is 18.8. The zero-order valence-electron chi connectivity index (χ0n) is 14.1. The maximum atomic E-state index is 13.3. The van der Waals surface area contributed by atoms with E-state index in [-0.39, 0.29) is 17.6 Å². The molecule has 2 fully saturated rings. The van der Waals surface area contributed by atoms with Crippen molar-refractivity contribution in [1.29, 1.82) is 0 Å². The van der Waals surface area contributed by atoms with E-state index in [4.69, 9.17) is 4.74 Å². The molecule has 1 aliphatic carbocycles. The smallest absolute Gasteiger partial charge is 0.224 e. The first kappa shape index (κ1) is 16.3. The van der Waals surface area contributed by atoms with Crippen molar-refractivity contribution in [3.05, 3.63) is 71.5 Å². The molecule has 4 rings (SSSR count). The van der Waals surface area contributed by atoms with Gasteiger partial charge in [-0.3, -0.25) is 4.79 Å². The zero-order valence-corrected chi connectivity index (χ0v) is 14.1. The minimum Gasteiger partial charge on any atom is -0.381 e. The fourth-order valence-electron chi connectivity index (χ4n) is 3.86. The van der Waals surface area contributed by atoms with Crippen molar-refractivity contribution in [2.75, 3.05) is 13.2 Å². The van der Waals surface area contributed by atoms with E-state index in [1.54, 1.807) is 12.1 Å². The van der Waals surface area contributed by atoms with Crippen LogP contribution in [0.4, 0.5) is 4.39 Å². The highest BCUT2D eigenvalue weighted by molar-refractivity contribution is 5.83. The van der Waals surface area contributed by atoms with Crippen molar-refractivity contribution >= 4 is 5.91 Å². The van der Waals surface area contributed by atoms with Gasteiger partial charge in [0.25, 0.3) is 0 Å². The monoisotopic (exact) mass is 339 g/mol. The lowest BCUT2D eigenvalue weighted by Gasteiger charge is -2.38. The first-order valence-electron chi connectivity index (χ1n) is 8.89. The van der Waals surface area contributed by atoms with Crippen LogP contribution in [-0.2, 0) is 15.1 Å². The number of hydrogen-bond donors (Lipinski definition) is 1. The summed E-state index contributed by atoms with van der Waals surface area (Å²) in [4.78, 5) is 12.9. The molecule has 1 N–H and O–H groups in total. The van der Waals surface area contributed by atoms with E-state index in [9.17, 15) is 9.18 Å². The van der Waals surface area contributed by atoms with Gasteiger partial charge in [0.2, 0.25) is 5.91 Å². The molecule has 25 heavy (non-hydrogen) atoms. The van der Waals surface area contributed by atoms with Crippen LogP contribution in [0.5, 0.6) is 0 Å². The Labute approximate surface area is 147 Å². The Kier molecular flexibility index (Phi) is 4.30. The van der Waals surface area contributed by atoms with Gasteiger partial charge in [-0.1, -0.05) is 42.5 Å². The van der Waals surface area contributed by atoms with Crippen molar-refractivity contribution < 1.29 is 13.9 Å². The van der Waals surface area contributed by atoms with Gasteiger partial charge in [0.1, 0.15) is 5.82 Å². The lowest BCUT2D eigenvalue weighted by Crippen LogP contribution is -2.50. The molecule has 1 amide bonds. The highest BCUT2D eigenvalue weighted by atomic mass is 19.1. The van der Waals surface area contributed by atoms with E-state index in [0.717, 1.165) is 12.0 Å². The minimum absolute atomic E-state index is 0.0302. The predicted octanol–water partition coefficient (Wildman–Crippen LogP) is 3.75. The molecule has 0 spiro atoms. The fraction of sp³-hybridized carbons (Fsp3) is 0.381. The Hall–Kier alpha value is -2.20. The maximum Gasteiger partial charge on any atom is 0.224 e. The fourth-order valence-corrected chi connectivity index (χ4v) is 3.86. The molecule has 2 aromatic carbocycles. The van der Waals surface area contributed by atoms with Crippen LogP contribution >= 0.6 is 0 Å². The molecule has 1 aliphatic heterocycles. The third-order valence-electron chi connectivity index (χ3n) is 5.46. The number of hydrogen-bond acceptors (Lipinski definition) is 2. The second kappa shape index (κ2) is 6.60. The van der Waals surface area contributed by atoms with Gasteiger partial charge in [-0.2, -0.15) is 0 Å². The van der Waals surface area contributed by atoms with Crippen LogP contribution in [0.1, 0.15) is 36.3 Å². The van der Waals surface area contributed by atoms with Crippen molar-refractivity contribution in [2.24, 2.45) is 5.92 Å². The van der Waals surface area contributed by atoms with Crippen LogP contribution in [0.2, 0.25) is 0 Å². The normalized spacial score (nSPS) is 24.5. The van der Waals surface area contributed by atoms with Crippen LogP contribution in [0.3, 0.4) is 0 Å². The van der Waals surface area contributed by atoms with Gasteiger partial charge < -0.3 is 10.1 Å². The molecule has 2 unspecified atom stereocenters. The van der Waals surface area contributed by atoms with Crippen LogP contribution in [0, 0.1) is 11.7 Å². The van der Waals surface area contributed by atoms with Gasteiger partial charge >= 0.3 is 0 Å². The van der Waals surface area contributed by atoms with Crippen LogP contribution in [0.15, 0.2) is 54.6 Å². The average Bonchev–Trinajstić information content (AvgIpc) is 3.45. The maximum absolute atomic E-state index is 13.3. The van der Waals surface area contributed by atoms with E-state index < -0.39 is 5.54 Å². The Balaban J connectivity index is 1.51. The number of halogens is 1. The van der Waals surface area contributed by atoms with Gasteiger partial charge in [0, 0.05) is 19.1 Å². The van der Waals surface area contributed by atoms with Crippen molar-refractivity contribution in [2.45, 2.75) is 30.7 Å². The third kappa shape index (κ3) is 3.31. The van der Waals surface area contributed by atoms with Gasteiger partial charge in [-0.25, -0.2) is 4.39 Å². The summed E-state index contributed by atoms with van der Waals surface area (Å²) in [6.07, 6.45) is 2.33. The molecule has 0 aromatic heterocycles. The summed E-state index contributed by atoms with van der Waals surface area (Å²) in [7, 11) is 0. The summed E-state index contributed by atoms with van der Waals surface area (Å²) in [6, 6.07) is 16.7. The van der Waals surface area contributed by atoms with Crippen LogP contribution in [-0.4, -0.2) is 19.1 Å². The summed E-state index contributed by atoms with van der Waals surface area (Å²) in [5.74, 6) is 0.178. The van der Waals surface area contributed by atoms with E-state index >= 15 is 0 Å². The number of carbonyl (C=O) groups excluding carboxylic acids is 1. The predicted molar refractivity (Wildman–Crippen MR) is 93.6 cm³/mol. The summed E-state index contributed by atoms with van der Waals surface area (Å²) >= 11 is 0. The standard InChI is InChI=1S/C21H22FNO2/c22-17-8-6-16(7-9-17)21(10-12-25-13-11-21)23-20(24)19-14-18(19)15-4-2-1-3-5-15/h1-9,18-19H,10-14H2,(H,23,24). The van der Waals surface area contributed by atoms with E-state index in [1.807, 2.05) is 18.2 Å². The molecular formula is C21H22FNO2. The summed E-state index contributed by atoms with van der Waals surface area (Å²) in [6.45, 7) is 1.20. The van der Waals surface area contributed by atoms with Gasteiger partial charge in [-0.15, -0.1) is 0 Å². The number of rotatable bonds is 4. The summed E-state index contributed by atoms with van der Waals surface area (Å²) in [5.41, 5.74) is 1.74. The first-order valence-corrected chi connectivity index (χ1v) is 8.89. The number of nitrogens with one attached hydrogen (secondary N) is 1. The molecule has 130 valence electrons. The Bertz CT molecular complexity index is 738. The van der Waals surface area contributed by atoms with Crippen molar-refractivity contribution in [3.63, 3.8) is 0 Å². The quantitative estimate of drug-likeness (QED) is 0.921. The van der Waals surface area contributed by atoms with Gasteiger partial charge in [-0.05, 0) is 48.4 Å². The van der Waals surface area contributed by atoms with E-state index in [0.29, 0.717) is 32.0 Å². The lowest BCUT2D eigenvalue weighted by atomic mass is 9.82. The molecule has 1 saturated carbocycles. The molecule has 1 heterocycles. The molecule has 4 heteroatoms. The SMILES string of the molecule is O=C(NC1(c2ccc(F)cc2)CCOCC1)C1CC1c1ccccc1. The second-order valence-corrected chi connectivity index (χ2v) is 7.05. The molecule has 3 nitrogen and oxygen atoms in total. The number of ether oxygens (including phenoxy) is 1. The van der Waals surface area contributed by atoms with Crippen LogP contribution < -0.4 is 5.32 Å². The molecule has 2 aliphatic rings. The molecular weight excluding hydrogens is 317 g/mol. The minimum atomic E-state index is -0.452. The third-order valence-corrected chi connectivity index (χ3v) is 5.46. The molecule has 0 bridgehead atoms. The topological polar surface area (TPSA) is 38.3 Å². The zero-order chi connectivity index (χ0) is 17.3. The van der Waals surface area contributed by atoms with Crippen molar-refractivity contribution in [1.82, 2.24) is 5.32 Å². The average molecular weight is 339 g/mol. The van der Waals surface area contributed by atoms with Crippen molar-refractivity contribution in [3.8, 4) is 0 Å². The number of amides is 1. The van der Waals surface area contributed by atoms with E-state index in [2.05, 4.69) is 17.4 Å². The Morgan fingerprint density at radius 3 is 2.40 bits per heavy atom. The van der Waals surface area contributed by atoms with E-state index in [1.165, 1.54) is 17.7 Å². The highest BCUT2D eigenvalue weighted by Crippen LogP contribution is 2.48. The molecule has 2 aromatic rings. The highest BCUT2D eigenvalue weighted by Gasteiger charge is 2.47. The Morgan fingerprint density at radius 2 is 1.72 bits per heavy atom. The first-order chi connectivity index (χ1) is 12.2. The second-order valence-electron chi connectivity index (χ2n) is 7.05. The van der Waals surface area contributed by atoms with Gasteiger partial charge in [0.05, 0.1) is 5.54 Å². The lowest BCUT2D eigenvalue weighted by molar-refractivity contribution is -0.125. The molecule has 1 saturated heterocycles.